The van der Waals surface area contributed by atoms with E-state index in [-0.39, 0.29) is 12.5 Å². The van der Waals surface area contributed by atoms with Gasteiger partial charge in [0.05, 0.1) is 0 Å². The molecule has 0 atom stereocenters. The summed E-state index contributed by atoms with van der Waals surface area (Å²) in [5.74, 6) is 0.809. The average Bonchev–Trinajstić information content (AvgIpc) is 3.10. The van der Waals surface area contributed by atoms with Crippen molar-refractivity contribution >= 4 is 5.91 Å². The van der Waals surface area contributed by atoms with Crippen molar-refractivity contribution in [3.8, 4) is 11.4 Å². The SMILES string of the molecule is C=CCN(Cc1nc(-c2ccc(C)cc2)no1)C(=O)c1ccc(C)cc1. The first kappa shape index (κ1) is 17.6. The second-order valence-corrected chi connectivity index (χ2v) is 6.22. The highest BCUT2D eigenvalue weighted by Gasteiger charge is 2.18. The standard InChI is InChI=1S/C21H21N3O2/c1-4-13-24(21(25)18-11-7-16(3)8-12-18)14-19-22-20(23-26-19)17-9-5-15(2)6-10-17/h4-12H,1,13-14H2,2-3H3. The minimum atomic E-state index is -0.0972. The second-order valence-electron chi connectivity index (χ2n) is 6.22. The number of nitrogens with zero attached hydrogens (tertiary/aromatic N) is 3. The van der Waals surface area contributed by atoms with Gasteiger partial charge in [0.2, 0.25) is 11.7 Å². The smallest absolute Gasteiger partial charge is 0.254 e. The molecule has 0 saturated carbocycles. The maximum absolute atomic E-state index is 12.8. The molecule has 0 aliphatic rings. The largest absolute Gasteiger partial charge is 0.337 e. The van der Waals surface area contributed by atoms with E-state index in [0.717, 1.165) is 11.1 Å². The molecule has 1 aromatic heterocycles. The van der Waals surface area contributed by atoms with Gasteiger partial charge >= 0.3 is 0 Å². The van der Waals surface area contributed by atoms with Crippen LogP contribution in [0.15, 0.2) is 65.7 Å². The summed E-state index contributed by atoms with van der Waals surface area (Å²) in [6, 6.07) is 15.4. The maximum atomic E-state index is 12.8. The Bertz CT molecular complexity index is 896. The van der Waals surface area contributed by atoms with Gasteiger partial charge in [-0.1, -0.05) is 58.8 Å². The van der Waals surface area contributed by atoms with Gasteiger partial charge in [0, 0.05) is 17.7 Å². The van der Waals surface area contributed by atoms with Crippen LogP contribution >= 0.6 is 0 Å². The summed E-state index contributed by atoms with van der Waals surface area (Å²) < 4.78 is 5.34. The normalized spacial score (nSPS) is 10.5. The lowest BCUT2D eigenvalue weighted by Gasteiger charge is -2.19. The Morgan fingerprint density at radius 1 is 1.08 bits per heavy atom. The maximum Gasteiger partial charge on any atom is 0.254 e. The van der Waals surface area contributed by atoms with E-state index < -0.39 is 0 Å². The molecule has 5 heteroatoms. The zero-order chi connectivity index (χ0) is 18.5. The molecule has 26 heavy (non-hydrogen) atoms. The van der Waals surface area contributed by atoms with Crippen molar-refractivity contribution in [2.75, 3.05) is 6.54 Å². The summed E-state index contributed by atoms with van der Waals surface area (Å²) in [5, 5.41) is 4.02. The fourth-order valence-corrected chi connectivity index (χ4v) is 2.56. The quantitative estimate of drug-likeness (QED) is 0.628. The highest BCUT2D eigenvalue weighted by atomic mass is 16.5. The molecule has 0 spiro atoms. The summed E-state index contributed by atoms with van der Waals surface area (Å²) >= 11 is 0. The van der Waals surface area contributed by atoms with E-state index in [0.29, 0.717) is 23.8 Å². The van der Waals surface area contributed by atoms with Gasteiger partial charge in [0.15, 0.2) is 0 Å². The second kappa shape index (κ2) is 7.78. The van der Waals surface area contributed by atoms with Crippen molar-refractivity contribution in [3.63, 3.8) is 0 Å². The predicted octanol–water partition coefficient (Wildman–Crippen LogP) is 4.18. The highest BCUT2D eigenvalue weighted by Crippen LogP contribution is 2.17. The number of carbonyl (C=O) groups is 1. The minimum absolute atomic E-state index is 0.0972. The number of carbonyl (C=O) groups excluding carboxylic acids is 1. The van der Waals surface area contributed by atoms with Gasteiger partial charge in [-0.15, -0.1) is 6.58 Å². The van der Waals surface area contributed by atoms with Crippen LogP contribution in [-0.2, 0) is 6.54 Å². The molecule has 2 aromatic carbocycles. The van der Waals surface area contributed by atoms with Crippen molar-refractivity contribution in [2.24, 2.45) is 0 Å². The lowest BCUT2D eigenvalue weighted by molar-refractivity contribution is 0.0745. The van der Waals surface area contributed by atoms with Crippen LogP contribution in [0.2, 0.25) is 0 Å². The number of aryl methyl sites for hydroxylation is 2. The molecule has 1 amide bonds. The van der Waals surface area contributed by atoms with Gasteiger partial charge in [0.1, 0.15) is 6.54 Å². The van der Waals surface area contributed by atoms with E-state index in [1.54, 1.807) is 11.0 Å². The molecule has 3 aromatic rings. The van der Waals surface area contributed by atoms with Gasteiger partial charge in [-0.2, -0.15) is 4.98 Å². The Labute approximate surface area is 153 Å². The van der Waals surface area contributed by atoms with Gasteiger partial charge in [0.25, 0.3) is 5.91 Å². The van der Waals surface area contributed by atoms with Crippen LogP contribution in [0.3, 0.4) is 0 Å². The molecule has 5 nitrogen and oxygen atoms in total. The Balaban J connectivity index is 1.78. The van der Waals surface area contributed by atoms with Gasteiger partial charge in [-0.05, 0) is 26.0 Å². The fourth-order valence-electron chi connectivity index (χ4n) is 2.56. The van der Waals surface area contributed by atoms with E-state index in [9.17, 15) is 4.79 Å². The molecular weight excluding hydrogens is 326 g/mol. The third kappa shape index (κ3) is 4.06. The number of hydrogen-bond acceptors (Lipinski definition) is 4. The van der Waals surface area contributed by atoms with Crippen molar-refractivity contribution in [3.05, 3.63) is 83.8 Å². The molecule has 0 aliphatic heterocycles. The number of hydrogen-bond donors (Lipinski definition) is 0. The van der Waals surface area contributed by atoms with Crippen LogP contribution in [-0.4, -0.2) is 27.5 Å². The van der Waals surface area contributed by atoms with Crippen molar-refractivity contribution in [1.29, 1.82) is 0 Å². The summed E-state index contributed by atoms with van der Waals surface area (Å²) in [6.45, 7) is 8.37. The van der Waals surface area contributed by atoms with Gasteiger partial charge < -0.3 is 9.42 Å². The topological polar surface area (TPSA) is 59.2 Å². The van der Waals surface area contributed by atoms with Crippen molar-refractivity contribution in [1.82, 2.24) is 15.0 Å². The van der Waals surface area contributed by atoms with Crippen LogP contribution in [0, 0.1) is 13.8 Å². The van der Waals surface area contributed by atoms with E-state index in [2.05, 4.69) is 16.7 Å². The zero-order valence-corrected chi connectivity index (χ0v) is 15.0. The molecule has 3 rings (SSSR count). The number of rotatable bonds is 6. The Morgan fingerprint density at radius 3 is 2.31 bits per heavy atom. The van der Waals surface area contributed by atoms with Crippen LogP contribution < -0.4 is 0 Å². The summed E-state index contributed by atoms with van der Waals surface area (Å²) in [5.41, 5.74) is 3.77. The van der Waals surface area contributed by atoms with Crippen molar-refractivity contribution in [2.45, 2.75) is 20.4 Å². The number of benzene rings is 2. The third-order valence-electron chi connectivity index (χ3n) is 4.04. The van der Waals surface area contributed by atoms with E-state index in [1.165, 1.54) is 5.56 Å². The molecule has 0 fully saturated rings. The Morgan fingerprint density at radius 2 is 1.69 bits per heavy atom. The molecule has 0 radical (unpaired) electrons. The van der Waals surface area contributed by atoms with Crippen molar-refractivity contribution < 1.29 is 9.32 Å². The number of aromatic nitrogens is 2. The monoisotopic (exact) mass is 347 g/mol. The lowest BCUT2D eigenvalue weighted by Crippen LogP contribution is -2.30. The summed E-state index contributed by atoms with van der Waals surface area (Å²) in [6.07, 6.45) is 1.68. The van der Waals surface area contributed by atoms with E-state index in [1.807, 2.05) is 62.4 Å². The Kier molecular flexibility index (Phi) is 5.27. The van der Waals surface area contributed by atoms with Crippen LogP contribution in [0.5, 0.6) is 0 Å². The molecule has 132 valence electrons. The molecule has 0 bridgehead atoms. The first-order valence-electron chi connectivity index (χ1n) is 8.43. The summed E-state index contributed by atoms with van der Waals surface area (Å²) in [7, 11) is 0. The number of amides is 1. The molecule has 1 heterocycles. The first-order valence-corrected chi connectivity index (χ1v) is 8.43. The van der Waals surface area contributed by atoms with Gasteiger partial charge in [-0.3, -0.25) is 4.79 Å². The fraction of sp³-hybridized carbons (Fsp3) is 0.190. The summed E-state index contributed by atoms with van der Waals surface area (Å²) in [4.78, 5) is 18.8. The van der Waals surface area contributed by atoms with Crippen LogP contribution in [0.4, 0.5) is 0 Å². The lowest BCUT2D eigenvalue weighted by atomic mass is 10.1. The molecule has 0 aliphatic carbocycles. The first-order chi connectivity index (χ1) is 12.6. The average molecular weight is 347 g/mol. The Hall–Kier alpha value is -3.21. The van der Waals surface area contributed by atoms with E-state index >= 15 is 0 Å². The zero-order valence-electron chi connectivity index (χ0n) is 15.0. The third-order valence-corrected chi connectivity index (χ3v) is 4.04. The highest BCUT2D eigenvalue weighted by molar-refractivity contribution is 5.94. The molecule has 0 unspecified atom stereocenters. The molecule has 0 saturated heterocycles. The molecular formula is C21H21N3O2. The van der Waals surface area contributed by atoms with Crippen LogP contribution in [0.1, 0.15) is 27.4 Å². The minimum Gasteiger partial charge on any atom is -0.337 e. The predicted molar refractivity (Wildman–Crippen MR) is 101 cm³/mol. The van der Waals surface area contributed by atoms with Crippen LogP contribution in [0.25, 0.3) is 11.4 Å². The molecule has 0 N–H and O–H groups in total. The van der Waals surface area contributed by atoms with Gasteiger partial charge in [-0.25, -0.2) is 0 Å². The van der Waals surface area contributed by atoms with E-state index in [4.69, 9.17) is 4.52 Å².